The van der Waals surface area contributed by atoms with Crippen molar-refractivity contribution in [1.29, 1.82) is 0 Å². The van der Waals surface area contributed by atoms with E-state index in [-0.39, 0.29) is 5.91 Å². The van der Waals surface area contributed by atoms with Crippen LogP contribution in [-0.2, 0) is 4.79 Å². The number of carbonyl (C=O) groups excluding carboxylic acids is 1. The van der Waals surface area contributed by atoms with Gasteiger partial charge < -0.3 is 16.0 Å². The van der Waals surface area contributed by atoms with Gasteiger partial charge in [0.1, 0.15) is 0 Å². The Hall–Kier alpha value is -0.610. The van der Waals surface area contributed by atoms with E-state index in [1.807, 2.05) is 6.92 Å². The number of likely N-dealkylation sites (tertiary alicyclic amines) is 1. The van der Waals surface area contributed by atoms with Crippen LogP contribution in [0.5, 0.6) is 0 Å². The fraction of sp³-hybridized carbons (Fsp3) is 0.941. The molecule has 3 fully saturated rings. The molecule has 0 aromatic heterocycles. The van der Waals surface area contributed by atoms with E-state index in [0.29, 0.717) is 6.04 Å². The number of rotatable bonds is 8. The predicted octanol–water partition coefficient (Wildman–Crippen LogP) is 1.88. The van der Waals surface area contributed by atoms with Gasteiger partial charge in [0.25, 0.3) is 0 Å². The van der Waals surface area contributed by atoms with Gasteiger partial charge in [0.15, 0.2) is 0 Å². The van der Waals surface area contributed by atoms with Crippen molar-refractivity contribution in [3.63, 3.8) is 0 Å². The zero-order chi connectivity index (χ0) is 14.9. The molecule has 4 nitrogen and oxygen atoms in total. The summed E-state index contributed by atoms with van der Waals surface area (Å²) in [6, 6.07) is 0.528. The number of nitrogens with two attached hydrogens (primary N) is 1. The molecule has 1 amide bonds. The third kappa shape index (κ3) is 3.78. The molecule has 2 saturated carbocycles. The molecule has 120 valence electrons. The minimum atomic E-state index is -0.497. The van der Waals surface area contributed by atoms with Gasteiger partial charge in [0.05, 0.1) is 5.54 Å². The Kier molecular flexibility index (Phi) is 4.55. The van der Waals surface area contributed by atoms with Gasteiger partial charge in [0.2, 0.25) is 5.91 Å². The largest absolute Gasteiger partial charge is 0.368 e. The maximum atomic E-state index is 11.7. The minimum absolute atomic E-state index is 0.190. The summed E-state index contributed by atoms with van der Waals surface area (Å²) in [5.74, 6) is 1.78. The third-order valence-electron chi connectivity index (χ3n) is 5.85. The Morgan fingerprint density at radius 3 is 2.43 bits per heavy atom. The van der Waals surface area contributed by atoms with Gasteiger partial charge in [-0.1, -0.05) is 6.42 Å². The second-order valence-corrected chi connectivity index (χ2v) is 7.78. The Morgan fingerprint density at radius 1 is 1.19 bits per heavy atom. The summed E-state index contributed by atoms with van der Waals surface area (Å²) >= 11 is 0. The molecule has 21 heavy (non-hydrogen) atoms. The molecule has 1 aliphatic heterocycles. The topological polar surface area (TPSA) is 58.4 Å². The SMILES string of the molecule is CC(CCCCN1CC2CCCC2C1)(NC1CC1)C(N)=O. The summed E-state index contributed by atoms with van der Waals surface area (Å²) < 4.78 is 0. The van der Waals surface area contributed by atoms with Crippen LogP contribution >= 0.6 is 0 Å². The zero-order valence-electron chi connectivity index (χ0n) is 13.4. The van der Waals surface area contributed by atoms with Crippen molar-refractivity contribution >= 4 is 5.91 Å². The van der Waals surface area contributed by atoms with Crippen LogP contribution in [0, 0.1) is 11.8 Å². The van der Waals surface area contributed by atoms with E-state index in [9.17, 15) is 4.79 Å². The normalized spacial score (nSPS) is 32.0. The monoisotopic (exact) mass is 293 g/mol. The first-order valence-electron chi connectivity index (χ1n) is 8.87. The smallest absolute Gasteiger partial charge is 0.237 e. The maximum Gasteiger partial charge on any atom is 0.237 e. The van der Waals surface area contributed by atoms with Crippen LogP contribution in [0.3, 0.4) is 0 Å². The first kappa shape index (κ1) is 15.3. The minimum Gasteiger partial charge on any atom is -0.368 e. The molecule has 3 rings (SSSR count). The van der Waals surface area contributed by atoms with Gasteiger partial charge in [0, 0.05) is 19.1 Å². The van der Waals surface area contributed by atoms with E-state index >= 15 is 0 Å². The first-order valence-corrected chi connectivity index (χ1v) is 8.87. The fourth-order valence-electron chi connectivity index (χ4n) is 4.27. The highest BCUT2D eigenvalue weighted by atomic mass is 16.1. The predicted molar refractivity (Wildman–Crippen MR) is 84.9 cm³/mol. The van der Waals surface area contributed by atoms with E-state index < -0.39 is 5.54 Å². The van der Waals surface area contributed by atoms with Crippen LogP contribution in [0.1, 0.15) is 58.3 Å². The van der Waals surface area contributed by atoms with E-state index in [1.54, 1.807) is 0 Å². The van der Waals surface area contributed by atoms with E-state index in [2.05, 4.69) is 10.2 Å². The first-order chi connectivity index (χ1) is 10.1. The highest BCUT2D eigenvalue weighted by molar-refractivity contribution is 5.84. The van der Waals surface area contributed by atoms with Crippen molar-refractivity contribution in [3.8, 4) is 0 Å². The lowest BCUT2D eigenvalue weighted by Gasteiger charge is -2.28. The van der Waals surface area contributed by atoms with Gasteiger partial charge in [-0.25, -0.2) is 0 Å². The van der Waals surface area contributed by atoms with E-state index in [1.165, 1.54) is 58.2 Å². The zero-order valence-corrected chi connectivity index (χ0v) is 13.4. The second kappa shape index (κ2) is 6.25. The summed E-state index contributed by atoms with van der Waals surface area (Å²) in [4.78, 5) is 14.4. The molecule has 3 atom stereocenters. The molecule has 0 radical (unpaired) electrons. The van der Waals surface area contributed by atoms with Crippen LogP contribution in [0.15, 0.2) is 0 Å². The van der Waals surface area contributed by atoms with Crippen molar-refractivity contribution in [3.05, 3.63) is 0 Å². The van der Waals surface area contributed by atoms with E-state index in [0.717, 1.165) is 24.7 Å². The van der Waals surface area contributed by atoms with Crippen LogP contribution in [0.2, 0.25) is 0 Å². The number of nitrogens with one attached hydrogen (secondary N) is 1. The molecule has 0 aromatic rings. The summed E-state index contributed by atoms with van der Waals surface area (Å²) in [5.41, 5.74) is 5.10. The number of nitrogens with zero attached hydrogens (tertiary/aromatic N) is 1. The standard InChI is InChI=1S/C17H31N3O/c1-17(16(18)21,19-15-7-8-15)9-2-3-10-20-11-13-5-4-6-14(13)12-20/h13-15,19H,2-12H2,1H3,(H2,18,21). The van der Waals surface area contributed by atoms with Crippen LogP contribution in [0.4, 0.5) is 0 Å². The van der Waals surface area contributed by atoms with Gasteiger partial charge in [-0.15, -0.1) is 0 Å². The maximum absolute atomic E-state index is 11.7. The van der Waals surface area contributed by atoms with Crippen molar-refractivity contribution in [1.82, 2.24) is 10.2 Å². The molecule has 0 spiro atoms. The molecular weight excluding hydrogens is 262 g/mol. The lowest BCUT2D eigenvalue weighted by Crippen LogP contribution is -2.54. The quantitative estimate of drug-likeness (QED) is 0.672. The van der Waals surface area contributed by atoms with Crippen LogP contribution in [-0.4, -0.2) is 42.0 Å². The number of unbranched alkanes of at least 4 members (excludes halogenated alkanes) is 1. The average Bonchev–Trinajstić information content (AvgIpc) is 2.98. The molecule has 1 saturated heterocycles. The molecule has 0 aromatic carbocycles. The molecule has 1 heterocycles. The Labute approximate surface area is 128 Å². The van der Waals surface area contributed by atoms with Gasteiger partial charge in [-0.05, 0) is 70.3 Å². The number of fused-ring (bicyclic) bond motifs is 1. The highest BCUT2D eigenvalue weighted by Crippen LogP contribution is 2.37. The molecule has 3 aliphatic rings. The van der Waals surface area contributed by atoms with Crippen LogP contribution < -0.4 is 11.1 Å². The number of primary amides is 1. The molecule has 3 unspecified atom stereocenters. The Morgan fingerprint density at radius 2 is 1.86 bits per heavy atom. The molecular formula is C17H31N3O. The molecule has 0 bridgehead atoms. The summed E-state index contributed by atoms with van der Waals surface area (Å²) in [6.45, 7) is 5.81. The van der Waals surface area contributed by atoms with Crippen molar-refractivity contribution < 1.29 is 4.79 Å². The molecule has 3 N–H and O–H groups in total. The van der Waals surface area contributed by atoms with Crippen LogP contribution in [0.25, 0.3) is 0 Å². The Bertz CT molecular complexity index is 370. The van der Waals surface area contributed by atoms with Crippen molar-refractivity contribution in [2.24, 2.45) is 17.6 Å². The van der Waals surface area contributed by atoms with Gasteiger partial charge in [-0.2, -0.15) is 0 Å². The van der Waals surface area contributed by atoms with Crippen molar-refractivity contribution in [2.45, 2.75) is 69.9 Å². The van der Waals surface area contributed by atoms with Gasteiger partial charge >= 0.3 is 0 Å². The summed E-state index contributed by atoms with van der Waals surface area (Å²) in [7, 11) is 0. The fourth-order valence-corrected chi connectivity index (χ4v) is 4.27. The molecule has 4 heteroatoms. The summed E-state index contributed by atoms with van der Waals surface area (Å²) in [6.07, 6.45) is 9.89. The van der Waals surface area contributed by atoms with Crippen molar-refractivity contribution in [2.75, 3.05) is 19.6 Å². The average molecular weight is 293 g/mol. The van der Waals surface area contributed by atoms with Gasteiger partial charge in [-0.3, -0.25) is 4.79 Å². The summed E-state index contributed by atoms with van der Waals surface area (Å²) in [5, 5.41) is 3.44. The number of hydrogen-bond acceptors (Lipinski definition) is 3. The number of amides is 1. The highest BCUT2D eigenvalue weighted by Gasteiger charge is 2.37. The number of carbonyl (C=O) groups is 1. The van der Waals surface area contributed by atoms with E-state index in [4.69, 9.17) is 5.73 Å². The third-order valence-corrected chi connectivity index (χ3v) is 5.85. The number of hydrogen-bond donors (Lipinski definition) is 2. The molecule has 2 aliphatic carbocycles. The second-order valence-electron chi connectivity index (χ2n) is 7.78. The Balaban J connectivity index is 1.36. The lowest BCUT2D eigenvalue weighted by molar-refractivity contribution is -0.124. The lowest BCUT2D eigenvalue weighted by atomic mass is 9.93.